The van der Waals surface area contributed by atoms with Gasteiger partial charge in [0.1, 0.15) is 11.6 Å². The van der Waals surface area contributed by atoms with E-state index in [4.69, 9.17) is 4.74 Å². The van der Waals surface area contributed by atoms with Crippen LogP contribution in [-0.4, -0.2) is 18.6 Å². The molecule has 3 nitrogen and oxygen atoms in total. The van der Waals surface area contributed by atoms with Crippen molar-refractivity contribution in [2.75, 3.05) is 6.54 Å². The molecule has 0 radical (unpaired) electrons. The van der Waals surface area contributed by atoms with Crippen molar-refractivity contribution in [3.05, 3.63) is 65.0 Å². The quantitative estimate of drug-likeness (QED) is 0.810. The molecular weight excluding hydrogens is 317 g/mol. The zero-order valence-electron chi connectivity index (χ0n) is 15.3. The van der Waals surface area contributed by atoms with Crippen molar-refractivity contribution in [1.82, 2.24) is 5.32 Å². The molecule has 0 aliphatic carbocycles. The molecule has 0 saturated carbocycles. The molecule has 1 atom stereocenters. The van der Waals surface area contributed by atoms with Crippen LogP contribution < -0.4 is 10.1 Å². The highest BCUT2D eigenvalue weighted by Crippen LogP contribution is 2.28. The first-order chi connectivity index (χ1) is 11.9. The molecule has 4 heteroatoms. The number of carbonyl (C=O) groups is 1. The normalized spacial score (nSPS) is 12.1. The van der Waals surface area contributed by atoms with Crippen LogP contribution in [0.2, 0.25) is 0 Å². The number of halogens is 1. The van der Waals surface area contributed by atoms with Crippen LogP contribution >= 0.6 is 0 Å². The summed E-state index contributed by atoms with van der Waals surface area (Å²) in [5.41, 5.74) is 3.18. The van der Waals surface area contributed by atoms with E-state index >= 15 is 0 Å². The van der Waals surface area contributed by atoms with Crippen LogP contribution in [0.15, 0.2) is 42.5 Å². The van der Waals surface area contributed by atoms with Crippen molar-refractivity contribution in [2.45, 2.75) is 46.1 Å². The maximum Gasteiger partial charge on any atom is 0.260 e. The molecule has 134 valence electrons. The van der Waals surface area contributed by atoms with Crippen LogP contribution in [0.5, 0.6) is 5.75 Å². The Morgan fingerprint density at radius 2 is 1.80 bits per heavy atom. The molecule has 0 saturated heterocycles. The maximum atomic E-state index is 12.9. The van der Waals surface area contributed by atoms with Gasteiger partial charge in [0, 0.05) is 6.54 Å². The second-order valence-corrected chi connectivity index (χ2v) is 6.62. The third kappa shape index (κ3) is 5.59. The number of hydrogen-bond acceptors (Lipinski definition) is 2. The first-order valence-corrected chi connectivity index (χ1v) is 8.66. The van der Waals surface area contributed by atoms with Crippen molar-refractivity contribution in [3.8, 4) is 5.75 Å². The largest absolute Gasteiger partial charge is 0.481 e. The van der Waals surface area contributed by atoms with Crippen LogP contribution in [0.4, 0.5) is 4.39 Å². The summed E-state index contributed by atoms with van der Waals surface area (Å²) in [5, 5.41) is 2.87. The van der Waals surface area contributed by atoms with Crippen molar-refractivity contribution in [3.63, 3.8) is 0 Å². The molecule has 0 fully saturated rings. The molecular formula is C21H26FNO2. The Kier molecular flexibility index (Phi) is 6.57. The van der Waals surface area contributed by atoms with Crippen LogP contribution in [0, 0.1) is 12.7 Å². The summed E-state index contributed by atoms with van der Waals surface area (Å²) in [6.07, 6.45) is 0.0768. The highest BCUT2D eigenvalue weighted by molar-refractivity contribution is 5.80. The molecule has 0 heterocycles. The summed E-state index contributed by atoms with van der Waals surface area (Å²) in [6.45, 7) is 8.45. The molecule has 0 bridgehead atoms. The second kappa shape index (κ2) is 8.65. The number of benzene rings is 2. The summed E-state index contributed by atoms with van der Waals surface area (Å²) < 4.78 is 18.8. The summed E-state index contributed by atoms with van der Waals surface area (Å²) in [4.78, 5) is 12.3. The van der Waals surface area contributed by atoms with E-state index in [0.717, 1.165) is 22.4 Å². The van der Waals surface area contributed by atoms with E-state index in [0.29, 0.717) is 18.9 Å². The molecule has 2 rings (SSSR count). The van der Waals surface area contributed by atoms with Gasteiger partial charge in [-0.05, 0) is 61.1 Å². The van der Waals surface area contributed by atoms with Gasteiger partial charge < -0.3 is 10.1 Å². The molecule has 0 aliphatic rings. The third-order valence-electron chi connectivity index (χ3n) is 4.09. The van der Waals surface area contributed by atoms with Crippen LogP contribution in [0.1, 0.15) is 43.4 Å². The van der Waals surface area contributed by atoms with Gasteiger partial charge in [-0.3, -0.25) is 4.79 Å². The van der Waals surface area contributed by atoms with E-state index in [2.05, 4.69) is 31.3 Å². The van der Waals surface area contributed by atoms with E-state index in [1.807, 2.05) is 13.0 Å². The summed E-state index contributed by atoms with van der Waals surface area (Å²) >= 11 is 0. The van der Waals surface area contributed by atoms with Crippen molar-refractivity contribution < 1.29 is 13.9 Å². The maximum absolute atomic E-state index is 12.9. The monoisotopic (exact) mass is 343 g/mol. The van der Waals surface area contributed by atoms with Gasteiger partial charge >= 0.3 is 0 Å². The van der Waals surface area contributed by atoms with Gasteiger partial charge in [-0.15, -0.1) is 0 Å². The lowest BCUT2D eigenvalue weighted by Crippen LogP contribution is -2.37. The predicted molar refractivity (Wildman–Crippen MR) is 98.5 cm³/mol. The van der Waals surface area contributed by atoms with Gasteiger partial charge in [0.25, 0.3) is 5.91 Å². The number of aryl methyl sites for hydroxylation is 1. The first-order valence-electron chi connectivity index (χ1n) is 8.66. The highest BCUT2D eigenvalue weighted by atomic mass is 19.1. The third-order valence-corrected chi connectivity index (χ3v) is 4.09. The number of rotatable bonds is 7. The molecule has 0 spiro atoms. The van der Waals surface area contributed by atoms with Crippen LogP contribution in [-0.2, 0) is 11.2 Å². The Hall–Kier alpha value is -2.36. The average Bonchev–Trinajstić information content (AvgIpc) is 2.56. The fourth-order valence-electron chi connectivity index (χ4n) is 2.59. The minimum Gasteiger partial charge on any atom is -0.481 e. The van der Waals surface area contributed by atoms with Crippen LogP contribution in [0.25, 0.3) is 0 Å². The molecule has 2 aromatic carbocycles. The summed E-state index contributed by atoms with van der Waals surface area (Å²) in [5.74, 6) is 0.674. The lowest BCUT2D eigenvalue weighted by Gasteiger charge is -2.19. The summed E-state index contributed by atoms with van der Waals surface area (Å²) in [6, 6.07) is 12.4. The number of nitrogens with one attached hydrogen (secondary N) is 1. The number of amides is 1. The fourth-order valence-corrected chi connectivity index (χ4v) is 2.59. The lowest BCUT2D eigenvalue weighted by atomic mass is 10.0. The first kappa shape index (κ1) is 19.0. The Morgan fingerprint density at radius 3 is 2.44 bits per heavy atom. The van der Waals surface area contributed by atoms with E-state index < -0.39 is 6.10 Å². The number of ether oxygens (including phenoxy) is 1. The summed E-state index contributed by atoms with van der Waals surface area (Å²) in [7, 11) is 0. The standard InChI is InChI=1S/C21H26FNO2/c1-14(2)19-10-5-15(3)13-20(19)25-16(4)21(24)23-12-11-17-6-8-18(22)9-7-17/h5-10,13-14,16H,11-12H2,1-4H3,(H,23,24)/t16-/m0/s1. The van der Waals surface area contributed by atoms with Gasteiger partial charge in [-0.2, -0.15) is 0 Å². The molecule has 0 aromatic heterocycles. The van der Waals surface area contributed by atoms with E-state index in [1.165, 1.54) is 12.1 Å². The van der Waals surface area contributed by atoms with Crippen molar-refractivity contribution in [1.29, 1.82) is 0 Å². The van der Waals surface area contributed by atoms with Gasteiger partial charge in [-0.1, -0.05) is 38.1 Å². The van der Waals surface area contributed by atoms with Gasteiger partial charge in [-0.25, -0.2) is 4.39 Å². The Balaban J connectivity index is 1.90. The second-order valence-electron chi connectivity index (χ2n) is 6.62. The smallest absolute Gasteiger partial charge is 0.260 e. The molecule has 1 N–H and O–H groups in total. The van der Waals surface area contributed by atoms with Crippen LogP contribution in [0.3, 0.4) is 0 Å². The van der Waals surface area contributed by atoms with Gasteiger partial charge in [0.15, 0.2) is 6.10 Å². The Labute approximate surface area is 149 Å². The van der Waals surface area contributed by atoms with Crippen molar-refractivity contribution in [2.24, 2.45) is 0 Å². The van der Waals surface area contributed by atoms with Gasteiger partial charge in [0.2, 0.25) is 0 Å². The molecule has 1 amide bonds. The zero-order valence-corrected chi connectivity index (χ0v) is 15.3. The molecule has 2 aromatic rings. The van der Waals surface area contributed by atoms with E-state index in [9.17, 15) is 9.18 Å². The van der Waals surface area contributed by atoms with Crippen molar-refractivity contribution >= 4 is 5.91 Å². The minimum atomic E-state index is -0.576. The molecule has 0 aliphatic heterocycles. The number of hydrogen-bond donors (Lipinski definition) is 1. The molecule has 0 unspecified atom stereocenters. The Bertz CT molecular complexity index is 710. The number of carbonyl (C=O) groups excluding carboxylic acids is 1. The van der Waals surface area contributed by atoms with Gasteiger partial charge in [0.05, 0.1) is 0 Å². The zero-order chi connectivity index (χ0) is 18.4. The average molecular weight is 343 g/mol. The Morgan fingerprint density at radius 1 is 1.12 bits per heavy atom. The van der Waals surface area contributed by atoms with E-state index in [-0.39, 0.29) is 11.7 Å². The highest BCUT2D eigenvalue weighted by Gasteiger charge is 2.17. The lowest BCUT2D eigenvalue weighted by molar-refractivity contribution is -0.127. The van der Waals surface area contributed by atoms with E-state index in [1.54, 1.807) is 19.1 Å². The molecule has 25 heavy (non-hydrogen) atoms. The topological polar surface area (TPSA) is 38.3 Å². The fraction of sp³-hybridized carbons (Fsp3) is 0.381. The minimum absolute atomic E-state index is 0.154. The predicted octanol–water partition coefficient (Wildman–Crippen LogP) is 4.38. The SMILES string of the molecule is Cc1ccc(C(C)C)c(O[C@@H](C)C(=O)NCCc2ccc(F)cc2)c1.